The number of ether oxygens (including phenoxy) is 1. The second-order valence-corrected chi connectivity index (χ2v) is 5.99. The van der Waals surface area contributed by atoms with Crippen LogP contribution in [0.15, 0.2) is 30.3 Å². The molecule has 1 atom stereocenters. The Bertz CT molecular complexity index is 465. The zero-order chi connectivity index (χ0) is 16.5. The minimum Gasteiger partial charge on any atom is -0.445 e. The average Bonchev–Trinajstić information content (AvgIpc) is 2.60. The van der Waals surface area contributed by atoms with Crippen molar-refractivity contribution in [3.05, 3.63) is 35.9 Å². The van der Waals surface area contributed by atoms with Gasteiger partial charge in [0.2, 0.25) is 0 Å². The summed E-state index contributed by atoms with van der Waals surface area (Å²) in [5.74, 6) is 0. The minimum absolute atomic E-state index is 0.168. The van der Waals surface area contributed by atoms with Gasteiger partial charge in [-0.15, -0.1) is 0 Å². The molecule has 1 aliphatic rings. The molecule has 0 aromatic heterocycles. The lowest BCUT2D eigenvalue weighted by molar-refractivity contribution is 0.0642. The van der Waals surface area contributed by atoms with Gasteiger partial charge in [0.15, 0.2) is 0 Å². The number of nitrogens with zero attached hydrogens (tertiary/aromatic N) is 2. The van der Waals surface area contributed by atoms with Crippen LogP contribution in [0.4, 0.5) is 4.79 Å². The maximum Gasteiger partial charge on any atom is 0.410 e. The lowest BCUT2D eigenvalue weighted by atomic mass is 10.0. The minimum atomic E-state index is -0.258. The maximum atomic E-state index is 12.3. The largest absolute Gasteiger partial charge is 0.445 e. The quantitative estimate of drug-likeness (QED) is 0.838. The van der Waals surface area contributed by atoms with E-state index in [1.165, 1.54) is 12.8 Å². The van der Waals surface area contributed by atoms with Crippen molar-refractivity contribution in [2.45, 2.75) is 38.8 Å². The number of benzene rings is 1. The summed E-state index contributed by atoms with van der Waals surface area (Å²) in [6.45, 7) is 5.44. The molecule has 128 valence electrons. The summed E-state index contributed by atoms with van der Waals surface area (Å²) < 4.78 is 5.44. The molecule has 0 saturated carbocycles. The summed E-state index contributed by atoms with van der Waals surface area (Å²) in [7, 11) is 0. The molecule has 1 N–H and O–H groups in total. The van der Waals surface area contributed by atoms with Crippen molar-refractivity contribution in [2.75, 3.05) is 32.8 Å². The summed E-state index contributed by atoms with van der Waals surface area (Å²) >= 11 is 0. The summed E-state index contributed by atoms with van der Waals surface area (Å²) in [5.41, 5.74) is 0.997. The van der Waals surface area contributed by atoms with Gasteiger partial charge in [-0.2, -0.15) is 0 Å². The average molecular weight is 320 g/mol. The summed E-state index contributed by atoms with van der Waals surface area (Å²) in [6.07, 6.45) is 3.16. The normalized spacial score (nSPS) is 18.6. The highest BCUT2D eigenvalue weighted by Crippen LogP contribution is 2.18. The fourth-order valence-electron chi connectivity index (χ4n) is 3.09. The fraction of sp³-hybridized carbons (Fsp3) is 0.611. The van der Waals surface area contributed by atoms with Crippen LogP contribution >= 0.6 is 0 Å². The van der Waals surface area contributed by atoms with Gasteiger partial charge in [0.05, 0.1) is 6.61 Å². The number of amides is 1. The summed E-state index contributed by atoms with van der Waals surface area (Å²) in [5, 5.41) is 9.20. The van der Waals surface area contributed by atoms with Crippen molar-refractivity contribution >= 4 is 6.09 Å². The highest BCUT2D eigenvalue weighted by molar-refractivity contribution is 5.67. The van der Waals surface area contributed by atoms with E-state index >= 15 is 0 Å². The molecule has 5 nitrogen and oxygen atoms in total. The first kappa shape index (κ1) is 17.8. The third-order valence-corrected chi connectivity index (χ3v) is 4.41. The third kappa shape index (κ3) is 5.52. The van der Waals surface area contributed by atoms with Gasteiger partial charge in [-0.3, -0.25) is 4.90 Å². The SMILES string of the molecule is CCN(C[C@H]1CCCCN1CCO)C(=O)OCc1ccccc1. The maximum absolute atomic E-state index is 12.3. The van der Waals surface area contributed by atoms with Crippen molar-refractivity contribution in [1.29, 1.82) is 0 Å². The lowest BCUT2D eigenvalue weighted by Gasteiger charge is -2.37. The predicted molar refractivity (Wildman–Crippen MR) is 90.2 cm³/mol. The molecule has 23 heavy (non-hydrogen) atoms. The van der Waals surface area contributed by atoms with Crippen LogP contribution in [0.3, 0.4) is 0 Å². The highest BCUT2D eigenvalue weighted by atomic mass is 16.6. The molecular formula is C18H28N2O3. The number of aliphatic hydroxyl groups is 1. The van der Waals surface area contributed by atoms with Gasteiger partial charge in [0.25, 0.3) is 0 Å². The van der Waals surface area contributed by atoms with Crippen LogP contribution in [0.5, 0.6) is 0 Å². The number of piperidine rings is 1. The van der Waals surface area contributed by atoms with Crippen LogP contribution in [0.2, 0.25) is 0 Å². The van der Waals surface area contributed by atoms with Gasteiger partial charge in [-0.05, 0) is 31.9 Å². The number of likely N-dealkylation sites (tertiary alicyclic amines) is 1. The van der Waals surface area contributed by atoms with Crippen molar-refractivity contribution in [2.24, 2.45) is 0 Å². The van der Waals surface area contributed by atoms with Gasteiger partial charge in [0.1, 0.15) is 6.61 Å². The number of aliphatic hydroxyl groups excluding tert-OH is 1. The van der Waals surface area contributed by atoms with Gasteiger partial charge < -0.3 is 14.7 Å². The molecule has 1 fully saturated rings. The smallest absolute Gasteiger partial charge is 0.410 e. The Labute approximate surface area is 138 Å². The van der Waals surface area contributed by atoms with E-state index in [4.69, 9.17) is 4.74 Å². The first-order valence-electron chi connectivity index (χ1n) is 8.55. The predicted octanol–water partition coefficient (Wildman–Crippen LogP) is 2.49. The number of likely N-dealkylation sites (N-methyl/N-ethyl adjacent to an activating group) is 1. The highest BCUT2D eigenvalue weighted by Gasteiger charge is 2.26. The van der Waals surface area contributed by atoms with Gasteiger partial charge in [-0.25, -0.2) is 4.79 Å². The van der Waals surface area contributed by atoms with Crippen LogP contribution in [0.1, 0.15) is 31.7 Å². The van der Waals surface area contributed by atoms with Crippen LogP contribution < -0.4 is 0 Å². The van der Waals surface area contributed by atoms with E-state index in [0.29, 0.717) is 32.3 Å². The molecule has 0 unspecified atom stereocenters. The van der Waals surface area contributed by atoms with Crippen LogP contribution in [-0.4, -0.2) is 59.8 Å². The molecular weight excluding hydrogens is 292 g/mol. The van der Waals surface area contributed by atoms with Crippen LogP contribution in [0, 0.1) is 0 Å². The van der Waals surface area contributed by atoms with E-state index < -0.39 is 0 Å². The topological polar surface area (TPSA) is 53.0 Å². The Balaban J connectivity index is 1.86. The second-order valence-electron chi connectivity index (χ2n) is 5.99. The molecule has 1 amide bonds. The first-order valence-corrected chi connectivity index (χ1v) is 8.55. The summed E-state index contributed by atoms with van der Waals surface area (Å²) in [6, 6.07) is 10.1. The van der Waals surface area contributed by atoms with E-state index in [1.54, 1.807) is 4.90 Å². The number of hydrogen-bond donors (Lipinski definition) is 1. The van der Waals surface area contributed by atoms with Crippen LogP contribution in [0.25, 0.3) is 0 Å². The van der Waals surface area contributed by atoms with E-state index in [1.807, 2.05) is 37.3 Å². The fourth-order valence-corrected chi connectivity index (χ4v) is 3.09. The number of rotatable bonds is 7. The molecule has 1 heterocycles. The second kappa shape index (κ2) is 9.53. The Morgan fingerprint density at radius 2 is 2.13 bits per heavy atom. The molecule has 1 aromatic carbocycles. The Hall–Kier alpha value is -1.59. The Morgan fingerprint density at radius 1 is 1.35 bits per heavy atom. The molecule has 0 radical (unpaired) electrons. The number of carbonyl (C=O) groups is 1. The Morgan fingerprint density at radius 3 is 2.83 bits per heavy atom. The molecule has 1 saturated heterocycles. The molecule has 1 aliphatic heterocycles. The van der Waals surface area contributed by atoms with Crippen molar-refractivity contribution < 1.29 is 14.6 Å². The number of hydrogen-bond acceptors (Lipinski definition) is 4. The zero-order valence-electron chi connectivity index (χ0n) is 14.0. The molecule has 0 aliphatic carbocycles. The lowest BCUT2D eigenvalue weighted by Crippen LogP contribution is -2.49. The molecule has 0 bridgehead atoms. The van der Waals surface area contributed by atoms with Gasteiger partial charge >= 0.3 is 6.09 Å². The summed E-state index contributed by atoms with van der Waals surface area (Å²) in [4.78, 5) is 16.4. The molecule has 5 heteroatoms. The van der Waals surface area contributed by atoms with E-state index in [-0.39, 0.29) is 12.7 Å². The molecule has 0 spiro atoms. The van der Waals surface area contributed by atoms with Crippen molar-refractivity contribution in [3.63, 3.8) is 0 Å². The monoisotopic (exact) mass is 320 g/mol. The van der Waals surface area contributed by atoms with E-state index in [9.17, 15) is 9.90 Å². The van der Waals surface area contributed by atoms with Crippen molar-refractivity contribution in [3.8, 4) is 0 Å². The number of carbonyl (C=O) groups excluding carboxylic acids is 1. The van der Waals surface area contributed by atoms with Gasteiger partial charge in [0, 0.05) is 25.7 Å². The number of β-amino-alcohol motifs (C(OH)–C–C–N with tert-alkyl or cyclic N) is 1. The first-order chi connectivity index (χ1) is 11.2. The zero-order valence-corrected chi connectivity index (χ0v) is 14.0. The third-order valence-electron chi connectivity index (χ3n) is 4.41. The van der Waals surface area contributed by atoms with Gasteiger partial charge in [-0.1, -0.05) is 36.8 Å². The van der Waals surface area contributed by atoms with Crippen molar-refractivity contribution in [1.82, 2.24) is 9.80 Å². The van der Waals surface area contributed by atoms with E-state index in [2.05, 4.69) is 4.90 Å². The Kier molecular flexibility index (Phi) is 7.36. The van der Waals surface area contributed by atoms with E-state index in [0.717, 1.165) is 18.5 Å². The molecule has 1 aromatic rings. The van der Waals surface area contributed by atoms with Crippen LogP contribution in [-0.2, 0) is 11.3 Å². The molecule has 2 rings (SSSR count). The standard InChI is InChI=1S/C18H28N2O3/c1-2-19(14-17-10-6-7-11-20(17)12-13-21)18(22)23-15-16-8-4-3-5-9-16/h3-5,8-9,17,21H,2,6-7,10-15H2,1H3/t17-/m1/s1.